The molecule has 9 nitrogen and oxygen atoms in total. The average Bonchev–Trinajstić information content (AvgIpc) is 2.72. The Morgan fingerprint density at radius 3 is 2.28 bits per heavy atom. The van der Waals surface area contributed by atoms with E-state index >= 15 is 0 Å². The number of hydrogen-bond acceptors (Lipinski definition) is 9. The molecule has 0 radical (unpaired) electrons. The standard InChI is InChI=1S/C22H27N5O4S/c1-4-30-18-10-7-15(11-16-12-26-22(25)27-21(16)24)20(31-32(28,29)13(2)3)19(18)14-5-8-17(23)9-6-14/h5-10,12-13H,4,11,23H2,1-3H3,(H4,24,25,26,27). The van der Waals surface area contributed by atoms with Gasteiger partial charge in [-0.15, -0.1) is 0 Å². The molecule has 0 fully saturated rings. The summed E-state index contributed by atoms with van der Waals surface area (Å²) in [5.41, 5.74) is 20.4. The maximum atomic E-state index is 12.8. The second-order valence-electron chi connectivity index (χ2n) is 7.42. The number of nitrogens with two attached hydrogens (primary N) is 3. The van der Waals surface area contributed by atoms with Gasteiger partial charge >= 0.3 is 10.1 Å². The van der Waals surface area contributed by atoms with E-state index in [0.29, 0.717) is 40.3 Å². The van der Waals surface area contributed by atoms with E-state index in [9.17, 15) is 8.42 Å². The van der Waals surface area contributed by atoms with Crippen LogP contribution in [0.2, 0.25) is 0 Å². The molecule has 6 N–H and O–H groups in total. The van der Waals surface area contributed by atoms with Gasteiger partial charge in [0, 0.05) is 29.4 Å². The van der Waals surface area contributed by atoms with Crippen molar-refractivity contribution in [3.8, 4) is 22.6 Å². The summed E-state index contributed by atoms with van der Waals surface area (Å²) in [4.78, 5) is 7.98. The highest BCUT2D eigenvalue weighted by molar-refractivity contribution is 7.87. The first-order valence-electron chi connectivity index (χ1n) is 10.1. The van der Waals surface area contributed by atoms with Crippen molar-refractivity contribution >= 4 is 27.6 Å². The molecule has 0 aliphatic heterocycles. The topological polar surface area (TPSA) is 156 Å². The molecule has 3 aromatic rings. The Kier molecular flexibility index (Phi) is 6.73. The lowest BCUT2D eigenvalue weighted by molar-refractivity contribution is 0.340. The van der Waals surface area contributed by atoms with Crippen molar-refractivity contribution in [2.75, 3.05) is 23.8 Å². The summed E-state index contributed by atoms with van der Waals surface area (Å²) in [5, 5.41) is -0.754. The number of nitrogen functional groups attached to an aromatic ring is 3. The molecule has 10 heteroatoms. The fourth-order valence-electron chi connectivity index (χ4n) is 3.03. The van der Waals surface area contributed by atoms with Gasteiger partial charge in [-0.1, -0.05) is 18.2 Å². The normalized spacial score (nSPS) is 11.5. The number of benzene rings is 2. The van der Waals surface area contributed by atoms with Crippen molar-refractivity contribution in [3.05, 3.63) is 53.7 Å². The van der Waals surface area contributed by atoms with Gasteiger partial charge in [-0.05, 0) is 44.5 Å². The van der Waals surface area contributed by atoms with Crippen molar-refractivity contribution < 1.29 is 17.3 Å². The zero-order valence-electron chi connectivity index (χ0n) is 18.2. The summed E-state index contributed by atoms with van der Waals surface area (Å²) in [6.07, 6.45) is 1.74. The predicted octanol–water partition coefficient (Wildman–Crippen LogP) is 3.00. The van der Waals surface area contributed by atoms with E-state index in [1.165, 1.54) is 6.20 Å². The van der Waals surface area contributed by atoms with E-state index < -0.39 is 15.4 Å². The Morgan fingerprint density at radius 2 is 1.69 bits per heavy atom. The highest BCUT2D eigenvalue weighted by Gasteiger charge is 2.26. The van der Waals surface area contributed by atoms with Crippen LogP contribution < -0.4 is 26.1 Å². The molecule has 0 spiro atoms. The first kappa shape index (κ1) is 23.1. The molecule has 0 atom stereocenters. The molecule has 1 aromatic heterocycles. The number of rotatable bonds is 8. The summed E-state index contributed by atoms with van der Waals surface area (Å²) in [5.74, 6) is 0.902. The highest BCUT2D eigenvalue weighted by atomic mass is 32.2. The van der Waals surface area contributed by atoms with Gasteiger partial charge in [0.15, 0.2) is 5.75 Å². The summed E-state index contributed by atoms with van der Waals surface area (Å²) < 4.78 is 37.0. The van der Waals surface area contributed by atoms with E-state index in [1.54, 1.807) is 50.2 Å². The average molecular weight is 458 g/mol. The molecule has 0 amide bonds. The Morgan fingerprint density at radius 1 is 1.00 bits per heavy atom. The third-order valence-electron chi connectivity index (χ3n) is 4.77. The van der Waals surface area contributed by atoms with E-state index in [2.05, 4.69) is 9.97 Å². The number of ether oxygens (including phenoxy) is 1. The van der Waals surface area contributed by atoms with Crippen LogP contribution in [-0.4, -0.2) is 30.2 Å². The fraction of sp³-hybridized carbons (Fsp3) is 0.273. The smallest absolute Gasteiger partial charge is 0.311 e. The zero-order valence-corrected chi connectivity index (χ0v) is 19.0. The van der Waals surface area contributed by atoms with Crippen molar-refractivity contribution in [2.24, 2.45) is 0 Å². The van der Waals surface area contributed by atoms with Gasteiger partial charge in [0.25, 0.3) is 0 Å². The molecule has 3 rings (SSSR count). The van der Waals surface area contributed by atoms with Crippen LogP contribution in [0.1, 0.15) is 31.9 Å². The second-order valence-corrected chi connectivity index (χ2v) is 9.52. The van der Waals surface area contributed by atoms with Crippen LogP contribution in [-0.2, 0) is 16.5 Å². The Labute approximate surface area is 187 Å². The van der Waals surface area contributed by atoms with Crippen LogP contribution >= 0.6 is 0 Å². The number of nitrogens with zero attached hydrogens (tertiary/aromatic N) is 2. The Bertz CT molecular complexity index is 1210. The molecule has 1 heterocycles. The third kappa shape index (κ3) is 5.02. The molecule has 0 unspecified atom stereocenters. The lowest BCUT2D eigenvalue weighted by Crippen LogP contribution is -2.21. The minimum Gasteiger partial charge on any atom is -0.493 e. The van der Waals surface area contributed by atoms with Gasteiger partial charge < -0.3 is 26.1 Å². The van der Waals surface area contributed by atoms with E-state index in [-0.39, 0.29) is 23.9 Å². The SMILES string of the molecule is CCOc1ccc(Cc2cnc(N)nc2N)c(OS(=O)(=O)C(C)C)c1-c1ccc(N)cc1. The van der Waals surface area contributed by atoms with Crippen LogP contribution in [0.4, 0.5) is 17.5 Å². The van der Waals surface area contributed by atoms with Crippen LogP contribution in [0.25, 0.3) is 11.1 Å². The molecule has 2 aromatic carbocycles. The first-order valence-corrected chi connectivity index (χ1v) is 11.5. The first-order chi connectivity index (χ1) is 15.1. The van der Waals surface area contributed by atoms with Crippen molar-refractivity contribution in [2.45, 2.75) is 32.4 Å². The van der Waals surface area contributed by atoms with E-state index in [4.69, 9.17) is 26.1 Å². The van der Waals surface area contributed by atoms with Crippen molar-refractivity contribution in [1.29, 1.82) is 0 Å². The van der Waals surface area contributed by atoms with Crippen LogP contribution in [0.3, 0.4) is 0 Å². The quantitative estimate of drug-likeness (QED) is 0.342. The predicted molar refractivity (Wildman–Crippen MR) is 126 cm³/mol. The molecular formula is C22H27N5O4S. The van der Waals surface area contributed by atoms with Gasteiger partial charge in [0.05, 0.1) is 17.4 Å². The maximum Gasteiger partial charge on any atom is 0.311 e. The number of anilines is 3. The lowest BCUT2D eigenvalue weighted by Gasteiger charge is -2.20. The van der Waals surface area contributed by atoms with Gasteiger partial charge in [-0.2, -0.15) is 13.4 Å². The minimum absolute atomic E-state index is 0.0550. The molecule has 0 saturated heterocycles. The van der Waals surface area contributed by atoms with Gasteiger partial charge in [-0.25, -0.2) is 4.98 Å². The molecule has 170 valence electrons. The second kappa shape index (κ2) is 9.31. The Hall–Kier alpha value is -3.53. The number of hydrogen-bond donors (Lipinski definition) is 3. The zero-order chi connectivity index (χ0) is 23.5. The lowest BCUT2D eigenvalue weighted by atomic mass is 9.97. The summed E-state index contributed by atoms with van der Waals surface area (Å²) in [6, 6.07) is 10.5. The van der Waals surface area contributed by atoms with Crippen LogP contribution in [0, 0.1) is 0 Å². The number of aromatic nitrogens is 2. The van der Waals surface area contributed by atoms with Gasteiger partial charge in [0.2, 0.25) is 5.95 Å². The van der Waals surface area contributed by atoms with Crippen molar-refractivity contribution in [3.63, 3.8) is 0 Å². The molecule has 32 heavy (non-hydrogen) atoms. The third-order valence-corrected chi connectivity index (χ3v) is 6.33. The molecule has 0 aliphatic carbocycles. The molecule has 0 aliphatic rings. The molecular weight excluding hydrogens is 430 g/mol. The van der Waals surface area contributed by atoms with Crippen LogP contribution in [0.15, 0.2) is 42.6 Å². The Balaban J connectivity index is 2.26. The minimum atomic E-state index is -3.92. The van der Waals surface area contributed by atoms with E-state index in [1.807, 2.05) is 6.92 Å². The van der Waals surface area contributed by atoms with Gasteiger partial charge in [0.1, 0.15) is 11.6 Å². The monoisotopic (exact) mass is 457 g/mol. The highest BCUT2D eigenvalue weighted by Crippen LogP contribution is 2.43. The summed E-state index contributed by atoms with van der Waals surface area (Å²) in [7, 11) is -3.92. The van der Waals surface area contributed by atoms with E-state index in [0.717, 1.165) is 0 Å². The van der Waals surface area contributed by atoms with Gasteiger partial charge in [-0.3, -0.25) is 0 Å². The summed E-state index contributed by atoms with van der Waals surface area (Å²) >= 11 is 0. The largest absolute Gasteiger partial charge is 0.493 e. The fourth-order valence-corrected chi connectivity index (χ4v) is 3.64. The summed E-state index contributed by atoms with van der Waals surface area (Å²) in [6.45, 7) is 5.33. The van der Waals surface area contributed by atoms with Crippen molar-refractivity contribution in [1.82, 2.24) is 9.97 Å². The van der Waals surface area contributed by atoms with Crippen LogP contribution in [0.5, 0.6) is 11.5 Å². The molecule has 0 bridgehead atoms. The maximum absolute atomic E-state index is 12.8. The molecule has 0 saturated carbocycles.